The number of anilines is 2. The number of hydrogen-bond acceptors (Lipinski definition) is 5. The van der Waals surface area contributed by atoms with Crippen LogP contribution >= 0.6 is 0 Å². The van der Waals surface area contributed by atoms with Crippen molar-refractivity contribution in [3.8, 4) is 17.2 Å². The summed E-state index contributed by atoms with van der Waals surface area (Å²) in [4.78, 5) is 12.3. The van der Waals surface area contributed by atoms with Crippen LogP contribution in [0.5, 0.6) is 17.2 Å². The highest BCUT2D eigenvalue weighted by Gasteiger charge is 2.04. The quantitative estimate of drug-likeness (QED) is 0.265. The van der Waals surface area contributed by atoms with E-state index < -0.39 is 0 Å². The monoisotopic (exact) mass is 462 g/mol. The summed E-state index contributed by atoms with van der Waals surface area (Å²) in [7, 11) is 0. The summed E-state index contributed by atoms with van der Waals surface area (Å²) >= 11 is 0. The highest BCUT2D eigenvalue weighted by molar-refractivity contribution is 5.93. The molecule has 3 rings (SSSR count). The van der Waals surface area contributed by atoms with Crippen molar-refractivity contribution in [1.29, 1.82) is 0 Å². The Kier molecular flexibility index (Phi) is 10.6. The number of benzene rings is 3. The van der Waals surface area contributed by atoms with Crippen LogP contribution in [0.3, 0.4) is 0 Å². The van der Waals surface area contributed by atoms with E-state index in [2.05, 4.69) is 17.6 Å². The summed E-state index contributed by atoms with van der Waals surface area (Å²) in [6, 6.07) is 24.6. The molecular formula is C28H34N2O4. The molecule has 0 radical (unpaired) electrons. The third-order valence-electron chi connectivity index (χ3n) is 5.06. The average Bonchev–Trinajstić information content (AvgIpc) is 2.87. The van der Waals surface area contributed by atoms with E-state index >= 15 is 0 Å². The van der Waals surface area contributed by atoms with Crippen molar-refractivity contribution in [3.05, 3.63) is 78.9 Å². The Hall–Kier alpha value is -3.67. The molecule has 34 heavy (non-hydrogen) atoms. The van der Waals surface area contributed by atoms with Gasteiger partial charge in [-0.05, 0) is 55.0 Å². The van der Waals surface area contributed by atoms with Crippen molar-refractivity contribution >= 4 is 17.3 Å². The first-order chi connectivity index (χ1) is 16.7. The third kappa shape index (κ3) is 9.45. The first kappa shape index (κ1) is 25.0. The third-order valence-corrected chi connectivity index (χ3v) is 5.06. The molecule has 6 heteroatoms. The van der Waals surface area contributed by atoms with Crippen LogP contribution in [0.1, 0.15) is 32.6 Å². The van der Waals surface area contributed by atoms with Crippen LogP contribution in [0, 0.1) is 0 Å². The molecule has 0 bridgehead atoms. The van der Waals surface area contributed by atoms with E-state index in [9.17, 15) is 4.79 Å². The summed E-state index contributed by atoms with van der Waals surface area (Å²) in [6.07, 6.45) is 4.69. The molecule has 3 aromatic carbocycles. The van der Waals surface area contributed by atoms with Crippen molar-refractivity contribution in [3.63, 3.8) is 0 Å². The second-order valence-corrected chi connectivity index (χ2v) is 7.87. The van der Waals surface area contributed by atoms with Crippen molar-refractivity contribution in [2.24, 2.45) is 0 Å². The second-order valence-electron chi connectivity index (χ2n) is 7.87. The van der Waals surface area contributed by atoms with Crippen LogP contribution in [0.4, 0.5) is 11.4 Å². The summed E-state index contributed by atoms with van der Waals surface area (Å²) in [5, 5.41) is 6.03. The number of rotatable bonds is 15. The topological polar surface area (TPSA) is 68.8 Å². The van der Waals surface area contributed by atoms with Crippen molar-refractivity contribution in [2.75, 3.05) is 37.0 Å². The van der Waals surface area contributed by atoms with Crippen LogP contribution in [-0.2, 0) is 4.79 Å². The Balaban J connectivity index is 1.34. The lowest BCUT2D eigenvalue weighted by atomic mass is 10.2. The molecule has 0 aliphatic carbocycles. The number of amides is 1. The molecule has 1 amide bonds. The van der Waals surface area contributed by atoms with E-state index in [1.807, 2.05) is 78.9 Å². The number of carbonyl (C=O) groups excluding carboxylic acids is 1. The van der Waals surface area contributed by atoms with Gasteiger partial charge in [0.2, 0.25) is 5.91 Å². The Morgan fingerprint density at radius 3 is 2.09 bits per heavy atom. The molecule has 0 saturated heterocycles. The van der Waals surface area contributed by atoms with Gasteiger partial charge < -0.3 is 24.8 Å². The number of nitrogens with one attached hydrogen (secondary N) is 2. The smallest absolute Gasteiger partial charge is 0.243 e. The zero-order chi connectivity index (χ0) is 23.8. The predicted molar refractivity (Wildman–Crippen MR) is 137 cm³/mol. The lowest BCUT2D eigenvalue weighted by Crippen LogP contribution is -2.21. The molecule has 0 atom stereocenters. The van der Waals surface area contributed by atoms with Crippen molar-refractivity contribution in [2.45, 2.75) is 32.6 Å². The maximum Gasteiger partial charge on any atom is 0.243 e. The molecule has 3 aromatic rings. The summed E-state index contributed by atoms with van der Waals surface area (Å²) in [6.45, 7) is 3.96. The Labute approximate surface area is 202 Å². The number of para-hydroxylation sites is 1. The Morgan fingerprint density at radius 2 is 1.35 bits per heavy atom. The molecule has 180 valence electrons. The van der Waals surface area contributed by atoms with E-state index in [4.69, 9.17) is 14.2 Å². The van der Waals surface area contributed by atoms with E-state index in [-0.39, 0.29) is 12.5 Å². The lowest BCUT2D eigenvalue weighted by Gasteiger charge is -2.11. The van der Waals surface area contributed by atoms with Gasteiger partial charge in [0.15, 0.2) is 0 Å². The van der Waals surface area contributed by atoms with Gasteiger partial charge in [-0.1, -0.05) is 50.5 Å². The van der Waals surface area contributed by atoms with Gasteiger partial charge in [-0.25, -0.2) is 0 Å². The number of carbonyl (C=O) groups is 1. The average molecular weight is 463 g/mol. The largest absolute Gasteiger partial charge is 0.494 e. The summed E-state index contributed by atoms with van der Waals surface area (Å²) in [5.41, 5.74) is 1.56. The molecule has 6 nitrogen and oxygen atoms in total. The van der Waals surface area contributed by atoms with Gasteiger partial charge in [0.05, 0.1) is 13.2 Å². The molecule has 0 aliphatic rings. The fraction of sp³-hybridized carbons (Fsp3) is 0.321. The van der Waals surface area contributed by atoms with Gasteiger partial charge in [-0.2, -0.15) is 0 Å². The molecule has 0 unspecified atom stereocenters. The minimum atomic E-state index is -0.129. The minimum Gasteiger partial charge on any atom is -0.494 e. The van der Waals surface area contributed by atoms with Gasteiger partial charge in [-0.3, -0.25) is 4.79 Å². The normalized spacial score (nSPS) is 10.4. The fourth-order valence-corrected chi connectivity index (χ4v) is 3.27. The number of ether oxygens (including phenoxy) is 3. The van der Waals surface area contributed by atoms with E-state index in [0.717, 1.165) is 29.4 Å². The fourth-order valence-electron chi connectivity index (χ4n) is 3.27. The Bertz CT molecular complexity index is 977. The number of hydrogen-bond donors (Lipinski definition) is 2. The maximum atomic E-state index is 12.3. The SMILES string of the molecule is CCCCCCOc1cccc(NCC(=O)Nc2ccc(OCCOc3ccccc3)cc2)c1. The van der Waals surface area contributed by atoms with Gasteiger partial charge in [-0.15, -0.1) is 0 Å². The van der Waals surface area contributed by atoms with Crippen LogP contribution in [0.15, 0.2) is 78.9 Å². The minimum absolute atomic E-state index is 0.129. The zero-order valence-corrected chi connectivity index (χ0v) is 19.8. The lowest BCUT2D eigenvalue weighted by molar-refractivity contribution is -0.114. The highest BCUT2D eigenvalue weighted by Crippen LogP contribution is 2.19. The molecular weight excluding hydrogens is 428 g/mol. The van der Waals surface area contributed by atoms with E-state index in [1.165, 1.54) is 19.3 Å². The summed E-state index contributed by atoms with van der Waals surface area (Å²) < 4.78 is 17.1. The first-order valence-electron chi connectivity index (χ1n) is 11.9. The van der Waals surface area contributed by atoms with Gasteiger partial charge in [0, 0.05) is 17.4 Å². The maximum absolute atomic E-state index is 12.3. The van der Waals surface area contributed by atoms with Gasteiger partial charge in [0.1, 0.15) is 30.5 Å². The van der Waals surface area contributed by atoms with Crippen LogP contribution in [0.25, 0.3) is 0 Å². The molecule has 0 aromatic heterocycles. The zero-order valence-electron chi connectivity index (χ0n) is 19.8. The molecule has 0 fully saturated rings. The highest BCUT2D eigenvalue weighted by atomic mass is 16.5. The van der Waals surface area contributed by atoms with E-state index in [0.29, 0.717) is 25.5 Å². The molecule has 2 N–H and O–H groups in total. The predicted octanol–water partition coefficient (Wildman–Crippen LogP) is 6.15. The second kappa shape index (κ2) is 14.5. The molecule has 0 spiro atoms. The van der Waals surface area contributed by atoms with Gasteiger partial charge >= 0.3 is 0 Å². The van der Waals surface area contributed by atoms with Gasteiger partial charge in [0.25, 0.3) is 0 Å². The standard InChI is InChI=1S/C28H34N2O4/c1-2-3-4-8-18-32-27-13-9-10-24(21-27)29-22-28(31)30-23-14-16-26(17-15-23)34-20-19-33-25-11-6-5-7-12-25/h5-7,9-17,21,29H,2-4,8,18-20,22H2,1H3,(H,30,31). The van der Waals surface area contributed by atoms with Crippen molar-refractivity contribution in [1.82, 2.24) is 0 Å². The van der Waals surface area contributed by atoms with E-state index in [1.54, 1.807) is 0 Å². The first-order valence-corrected chi connectivity index (χ1v) is 11.9. The summed E-state index contributed by atoms with van der Waals surface area (Å²) in [5.74, 6) is 2.22. The molecule has 0 saturated carbocycles. The molecule has 0 heterocycles. The van der Waals surface area contributed by atoms with Crippen LogP contribution < -0.4 is 24.8 Å². The number of unbranched alkanes of at least 4 members (excludes halogenated alkanes) is 3. The van der Waals surface area contributed by atoms with Crippen molar-refractivity contribution < 1.29 is 19.0 Å². The Morgan fingerprint density at radius 1 is 0.676 bits per heavy atom. The van der Waals surface area contributed by atoms with Crippen LogP contribution in [0.2, 0.25) is 0 Å². The molecule has 0 aliphatic heterocycles. The van der Waals surface area contributed by atoms with Crippen LogP contribution in [-0.4, -0.2) is 32.3 Å².